The van der Waals surface area contributed by atoms with E-state index in [1.165, 1.54) is 6.92 Å². The van der Waals surface area contributed by atoms with Crippen LogP contribution in [0.1, 0.15) is 44.7 Å². The molecule has 2 aromatic carbocycles. The number of carbonyl (C=O) groups is 2. The van der Waals surface area contributed by atoms with Crippen molar-refractivity contribution in [2.45, 2.75) is 27.7 Å². The minimum absolute atomic E-state index is 0.00915. The molecule has 28 heavy (non-hydrogen) atoms. The molecule has 3 aromatic rings. The molecule has 2 N–H and O–H groups in total. The van der Waals surface area contributed by atoms with E-state index in [4.69, 9.17) is 0 Å². The monoisotopic (exact) mass is 374 g/mol. The Hall–Kier alpha value is -3.54. The van der Waals surface area contributed by atoms with Crippen molar-refractivity contribution in [3.63, 3.8) is 0 Å². The number of ketones is 1. The number of carbonyl (C=O) groups excluding carboxylic acids is 2. The number of hydrogen-bond acceptors (Lipinski definition) is 5. The molecule has 0 fully saturated rings. The number of Topliss-reactive ketones (excluding diaryl/α,β-unsaturated/α-hetero) is 1. The molecule has 0 bridgehead atoms. The van der Waals surface area contributed by atoms with Gasteiger partial charge in [-0.1, -0.05) is 18.2 Å². The summed E-state index contributed by atoms with van der Waals surface area (Å²) in [6, 6.07) is 14.5. The van der Waals surface area contributed by atoms with Crippen molar-refractivity contribution in [2.75, 3.05) is 10.6 Å². The first-order valence-corrected chi connectivity index (χ1v) is 8.95. The zero-order chi connectivity index (χ0) is 20.3. The fraction of sp³-hybridized carbons (Fsp3) is 0.182. The third-order valence-electron chi connectivity index (χ3n) is 4.35. The van der Waals surface area contributed by atoms with Gasteiger partial charge in [0.2, 0.25) is 0 Å². The molecule has 0 atom stereocenters. The van der Waals surface area contributed by atoms with Gasteiger partial charge in [0.15, 0.2) is 5.78 Å². The van der Waals surface area contributed by atoms with E-state index in [0.717, 1.165) is 22.5 Å². The zero-order valence-electron chi connectivity index (χ0n) is 16.3. The molecular formula is C22H22N4O2. The van der Waals surface area contributed by atoms with Gasteiger partial charge in [-0.25, -0.2) is 9.97 Å². The second kappa shape index (κ2) is 8.00. The molecule has 0 aliphatic rings. The minimum Gasteiger partial charge on any atom is -0.340 e. The summed E-state index contributed by atoms with van der Waals surface area (Å²) in [6.45, 7) is 7.16. The predicted molar refractivity (Wildman–Crippen MR) is 110 cm³/mol. The summed E-state index contributed by atoms with van der Waals surface area (Å²) in [6.07, 6.45) is 0. The second-order valence-electron chi connectivity index (χ2n) is 6.67. The quantitative estimate of drug-likeness (QED) is 0.638. The van der Waals surface area contributed by atoms with Crippen LogP contribution in [-0.4, -0.2) is 21.7 Å². The molecule has 0 saturated carbocycles. The van der Waals surface area contributed by atoms with E-state index in [9.17, 15) is 9.59 Å². The molecule has 1 aromatic heterocycles. The molecule has 0 spiro atoms. The average molecular weight is 374 g/mol. The van der Waals surface area contributed by atoms with Crippen molar-refractivity contribution in [2.24, 2.45) is 0 Å². The Morgan fingerprint density at radius 2 is 1.54 bits per heavy atom. The predicted octanol–water partition coefficient (Wildman–Crippen LogP) is 4.60. The summed E-state index contributed by atoms with van der Waals surface area (Å²) in [4.78, 5) is 32.7. The Labute approximate surface area is 164 Å². The fourth-order valence-electron chi connectivity index (χ4n) is 2.87. The highest BCUT2D eigenvalue weighted by Gasteiger charge is 2.13. The number of nitrogens with one attached hydrogen (secondary N) is 2. The number of aryl methyl sites for hydroxylation is 3. The van der Waals surface area contributed by atoms with Gasteiger partial charge in [-0.05, 0) is 63.1 Å². The van der Waals surface area contributed by atoms with Crippen LogP contribution >= 0.6 is 0 Å². The number of para-hydroxylation sites is 1. The summed E-state index contributed by atoms with van der Waals surface area (Å²) in [5.74, 6) is 0.708. The highest BCUT2D eigenvalue weighted by molar-refractivity contribution is 6.04. The van der Waals surface area contributed by atoms with Gasteiger partial charge in [-0.3, -0.25) is 9.59 Å². The van der Waals surface area contributed by atoms with E-state index in [0.29, 0.717) is 17.2 Å². The van der Waals surface area contributed by atoms with Crippen molar-refractivity contribution in [1.82, 2.24) is 9.97 Å². The first-order chi connectivity index (χ1) is 13.3. The minimum atomic E-state index is -0.294. The van der Waals surface area contributed by atoms with Crippen LogP contribution in [-0.2, 0) is 0 Å². The van der Waals surface area contributed by atoms with E-state index >= 15 is 0 Å². The van der Waals surface area contributed by atoms with Crippen molar-refractivity contribution in [3.8, 4) is 0 Å². The van der Waals surface area contributed by atoms with Gasteiger partial charge in [0, 0.05) is 23.0 Å². The van der Waals surface area contributed by atoms with Gasteiger partial charge < -0.3 is 10.6 Å². The molecule has 3 rings (SSSR count). The Morgan fingerprint density at radius 1 is 0.893 bits per heavy atom. The van der Waals surface area contributed by atoms with Crippen molar-refractivity contribution in [1.29, 1.82) is 0 Å². The van der Waals surface area contributed by atoms with Crippen LogP contribution in [0.4, 0.5) is 17.2 Å². The van der Waals surface area contributed by atoms with Crippen LogP contribution in [0.25, 0.3) is 0 Å². The van der Waals surface area contributed by atoms with E-state index in [1.807, 2.05) is 32.0 Å². The van der Waals surface area contributed by atoms with Gasteiger partial charge in [0.25, 0.3) is 5.91 Å². The van der Waals surface area contributed by atoms with Gasteiger partial charge in [-0.2, -0.15) is 0 Å². The summed E-state index contributed by atoms with van der Waals surface area (Å²) in [5.41, 5.74) is 4.45. The molecule has 1 amide bonds. The van der Waals surface area contributed by atoms with Crippen molar-refractivity contribution in [3.05, 3.63) is 76.7 Å². The Kier molecular flexibility index (Phi) is 5.49. The van der Waals surface area contributed by atoms with Crippen LogP contribution in [0, 0.1) is 20.8 Å². The normalized spacial score (nSPS) is 10.4. The molecule has 0 aliphatic carbocycles. The zero-order valence-corrected chi connectivity index (χ0v) is 16.3. The van der Waals surface area contributed by atoms with E-state index < -0.39 is 0 Å². The molecule has 0 unspecified atom stereocenters. The largest absolute Gasteiger partial charge is 0.340 e. The first kappa shape index (κ1) is 19.2. The third kappa shape index (κ3) is 4.40. The van der Waals surface area contributed by atoms with Crippen LogP contribution < -0.4 is 10.6 Å². The van der Waals surface area contributed by atoms with Crippen molar-refractivity contribution < 1.29 is 9.59 Å². The van der Waals surface area contributed by atoms with E-state index in [1.54, 1.807) is 37.3 Å². The summed E-state index contributed by atoms with van der Waals surface area (Å²) < 4.78 is 0. The number of rotatable bonds is 5. The average Bonchev–Trinajstić information content (AvgIpc) is 2.64. The topological polar surface area (TPSA) is 84.0 Å². The summed E-state index contributed by atoms with van der Waals surface area (Å²) >= 11 is 0. The SMILES string of the molecule is CC(=O)c1ccc(Nc2cc(C(=O)Nc3c(C)cccc3C)nc(C)n2)cc1. The highest BCUT2D eigenvalue weighted by Crippen LogP contribution is 2.21. The van der Waals surface area contributed by atoms with Crippen LogP contribution in [0.5, 0.6) is 0 Å². The van der Waals surface area contributed by atoms with E-state index in [2.05, 4.69) is 20.6 Å². The molecular weight excluding hydrogens is 352 g/mol. The molecule has 0 saturated heterocycles. The van der Waals surface area contributed by atoms with Crippen LogP contribution in [0.15, 0.2) is 48.5 Å². The second-order valence-corrected chi connectivity index (χ2v) is 6.67. The molecule has 142 valence electrons. The van der Waals surface area contributed by atoms with Gasteiger partial charge in [-0.15, -0.1) is 0 Å². The standard InChI is InChI=1S/C22H22N4O2/c1-13-6-5-7-14(2)21(13)26-22(28)19-12-20(24-16(4)23-19)25-18-10-8-17(9-11-18)15(3)27/h5-12H,1-4H3,(H,26,28)(H,23,24,25). The molecule has 6 heteroatoms. The molecule has 0 aliphatic heterocycles. The van der Waals surface area contributed by atoms with Crippen LogP contribution in [0.3, 0.4) is 0 Å². The Bertz CT molecular complexity index is 1020. The maximum Gasteiger partial charge on any atom is 0.274 e. The summed E-state index contributed by atoms with van der Waals surface area (Å²) in [7, 11) is 0. The van der Waals surface area contributed by atoms with Gasteiger partial charge >= 0.3 is 0 Å². The highest BCUT2D eigenvalue weighted by atomic mass is 16.2. The van der Waals surface area contributed by atoms with Crippen LogP contribution in [0.2, 0.25) is 0 Å². The smallest absolute Gasteiger partial charge is 0.274 e. The number of aromatic nitrogens is 2. The Morgan fingerprint density at radius 3 is 2.14 bits per heavy atom. The third-order valence-corrected chi connectivity index (χ3v) is 4.35. The number of hydrogen-bond donors (Lipinski definition) is 2. The number of amides is 1. The van der Waals surface area contributed by atoms with E-state index in [-0.39, 0.29) is 17.4 Å². The number of anilines is 3. The lowest BCUT2D eigenvalue weighted by Crippen LogP contribution is -2.16. The maximum atomic E-state index is 12.7. The lowest BCUT2D eigenvalue weighted by atomic mass is 10.1. The van der Waals surface area contributed by atoms with Gasteiger partial charge in [0.1, 0.15) is 17.3 Å². The maximum absolute atomic E-state index is 12.7. The molecule has 1 heterocycles. The number of benzene rings is 2. The lowest BCUT2D eigenvalue weighted by Gasteiger charge is -2.12. The fourth-order valence-corrected chi connectivity index (χ4v) is 2.87. The lowest BCUT2D eigenvalue weighted by molar-refractivity contribution is 0.101. The number of nitrogens with zero attached hydrogens (tertiary/aromatic N) is 2. The first-order valence-electron chi connectivity index (χ1n) is 8.95. The molecule has 0 radical (unpaired) electrons. The Balaban J connectivity index is 1.82. The van der Waals surface area contributed by atoms with Gasteiger partial charge in [0.05, 0.1) is 0 Å². The van der Waals surface area contributed by atoms with Crippen molar-refractivity contribution >= 4 is 28.9 Å². The summed E-state index contributed by atoms with van der Waals surface area (Å²) in [5, 5.41) is 6.09. The molecule has 6 nitrogen and oxygen atoms in total.